The van der Waals surface area contributed by atoms with Gasteiger partial charge in [0.15, 0.2) is 0 Å². The van der Waals surface area contributed by atoms with Gasteiger partial charge in [0.2, 0.25) is 0 Å². The van der Waals surface area contributed by atoms with E-state index in [1.165, 1.54) is 0 Å². The van der Waals surface area contributed by atoms with Crippen LogP contribution < -0.4 is 0 Å². The van der Waals surface area contributed by atoms with E-state index in [2.05, 4.69) is 60.6 Å². The molecule has 5 nitrogen and oxygen atoms in total. The first-order chi connectivity index (χ1) is 11.2. The number of thiol groups is 1. The summed E-state index contributed by atoms with van der Waals surface area (Å²) in [4.78, 5) is 17.4. The average Bonchev–Trinajstić information content (AvgIpc) is 2.50. The molecular formula is C16H24BBrN5S. The fourth-order valence-corrected chi connectivity index (χ4v) is 2.25. The predicted octanol–water partition coefficient (Wildman–Crippen LogP) is 4.19. The molecule has 2 rings (SSSR count). The maximum absolute atomic E-state index is 4.38. The quantitative estimate of drug-likeness (QED) is 0.436. The Morgan fingerprint density at radius 3 is 1.25 bits per heavy atom. The summed E-state index contributed by atoms with van der Waals surface area (Å²) in [6.45, 7) is 13.9. The molecule has 0 aliphatic carbocycles. The van der Waals surface area contributed by atoms with Crippen LogP contribution >= 0.6 is 28.7 Å². The molecule has 2 aromatic heterocycles. The van der Waals surface area contributed by atoms with Crippen molar-refractivity contribution in [2.75, 3.05) is 0 Å². The van der Waals surface area contributed by atoms with Crippen molar-refractivity contribution in [1.29, 1.82) is 0 Å². The van der Waals surface area contributed by atoms with Gasteiger partial charge in [-0.1, -0.05) is 15.9 Å². The summed E-state index contributed by atoms with van der Waals surface area (Å²) in [7, 11) is 4.34. The first-order valence-corrected chi connectivity index (χ1v) is 8.89. The van der Waals surface area contributed by atoms with Crippen LogP contribution in [-0.2, 0) is 5.33 Å². The standard InChI is InChI=1S/C8H11BrN2.C8H12N2.BHNS/c1-5-6(2)11-8(4-9)7(3)10-5;1-5-6(2)10-8(4)7(3)9-5;1-2-3/h4H2,1-3H3;1-4H3;3H. The number of aromatic nitrogens is 4. The van der Waals surface area contributed by atoms with Gasteiger partial charge in [-0.25, -0.2) is 0 Å². The van der Waals surface area contributed by atoms with Gasteiger partial charge in [0.25, 0.3) is 0 Å². The second-order valence-corrected chi connectivity index (χ2v) is 6.03. The third-order valence-electron chi connectivity index (χ3n) is 3.42. The van der Waals surface area contributed by atoms with Gasteiger partial charge in [-0.3, -0.25) is 19.9 Å². The van der Waals surface area contributed by atoms with E-state index in [-0.39, 0.29) is 0 Å². The van der Waals surface area contributed by atoms with Gasteiger partial charge in [0.1, 0.15) is 0 Å². The fourth-order valence-electron chi connectivity index (χ4n) is 1.71. The Labute approximate surface area is 160 Å². The van der Waals surface area contributed by atoms with E-state index in [4.69, 9.17) is 0 Å². The molecule has 0 saturated heterocycles. The van der Waals surface area contributed by atoms with E-state index in [0.29, 0.717) is 0 Å². The van der Waals surface area contributed by atoms with Crippen LogP contribution in [0.15, 0.2) is 4.30 Å². The summed E-state index contributed by atoms with van der Waals surface area (Å²) in [5.74, 6) is 0. The van der Waals surface area contributed by atoms with Crippen LogP contribution in [0.25, 0.3) is 0 Å². The molecule has 8 heteroatoms. The summed E-state index contributed by atoms with van der Waals surface area (Å²) in [5, 5.41) is 0.785. The summed E-state index contributed by atoms with van der Waals surface area (Å²) >= 11 is 6.56. The zero-order chi connectivity index (χ0) is 18.9. The van der Waals surface area contributed by atoms with Crippen LogP contribution in [0.1, 0.15) is 45.6 Å². The van der Waals surface area contributed by atoms with Crippen molar-refractivity contribution in [3.63, 3.8) is 0 Å². The van der Waals surface area contributed by atoms with Crippen LogP contribution in [0.5, 0.6) is 0 Å². The second kappa shape index (κ2) is 11.4. The topological polar surface area (TPSA) is 63.9 Å². The van der Waals surface area contributed by atoms with E-state index in [9.17, 15) is 0 Å². The first kappa shape index (κ1) is 22.9. The molecule has 1 radical (unpaired) electrons. The first-order valence-electron chi connectivity index (χ1n) is 7.37. The second-order valence-electron chi connectivity index (χ2n) is 5.24. The van der Waals surface area contributed by atoms with E-state index in [1.54, 1.807) is 0 Å². The van der Waals surface area contributed by atoms with Gasteiger partial charge in [-0.05, 0) is 48.5 Å². The Bertz CT molecular complexity index is 644. The molecule has 0 spiro atoms. The SMILES string of the molecule is Cc1nc(C)c(C)nc1C.Cc1nc(C)c(CBr)nc1C.[B]=NS. The average molecular weight is 409 g/mol. The molecule has 0 aliphatic rings. The third-order valence-corrected chi connectivity index (χ3v) is 3.96. The fraction of sp³-hybridized carbons (Fsp3) is 0.500. The van der Waals surface area contributed by atoms with Crippen molar-refractivity contribution in [3.8, 4) is 0 Å². The molecule has 0 aromatic carbocycles. The Morgan fingerprint density at radius 2 is 0.958 bits per heavy atom. The number of nitrogens with zero attached hydrogens (tertiary/aromatic N) is 5. The minimum absolute atomic E-state index is 0.785. The third kappa shape index (κ3) is 7.62. The Kier molecular flexibility index (Phi) is 10.9. The van der Waals surface area contributed by atoms with E-state index >= 15 is 0 Å². The molecule has 0 saturated carbocycles. The number of halogens is 1. The van der Waals surface area contributed by atoms with Crippen LogP contribution in [0.3, 0.4) is 0 Å². The van der Waals surface area contributed by atoms with Crippen LogP contribution in [0.2, 0.25) is 0 Å². The molecule has 0 atom stereocenters. The zero-order valence-electron chi connectivity index (χ0n) is 15.3. The van der Waals surface area contributed by atoms with Crippen molar-refractivity contribution in [3.05, 3.63) is 45.6 Å². The van der Waals surface area contributed by atoms with E-state index in [1.807, 2.05) is 48.5 Å². The minimum atomic E-state index is 0.785. The number of hydrogen-bond acceptors (Lipinski definition) is 6. The van der Waals surface area contributed by atoms with Crippen molar-refractivity contribution in [2.24, 2.45) is 4.30 Å². The van der Waals surface area contributed by atoms with Gasteiger partial charge >= 0.3 is 24.8 Å². The van der Waals surface area contributed by atoms with Gasteiger partial charge in [0.05, 0.1) is 45.6 Å². The van der Waals surface area contributed by atoms with E-state index < -0.39 is 0 Å². The maximum atomic E-state index is 4.38. The molecule has 2 aromatic rings. The summed E-state index contributed by atoms with van der Waals surface area (Å²) < 4.78 is 2.69. The Morgan fingerprint density at radius 1 is 0.708 bits per heavy atom. The van der Waals surface area contributed by atoms with Gasteiger partial charge in [-0.15, -0.1) is 0 Å². The van der Waals surface area contributed by atoms with Crippen LogP contribution in [0, 0.1) is 48.5 Å². The van der Waals surface area contributed by atoms with Gasteiger partial charge < -0.3 is 0 Å². The molecule has 0 amide bonds. The van der Waals surface area contributed by atoms with Gasteiger partial charge in [0, 0.05) is 5.33 Å². The summed E-state index contributed by atoms with van der Waals surface area (Å²) in [5.41, 5.74) is 8.22. The molecule has 2 heterocycles. The number of alkyl halides is 1. The predicted molar refractivity (Wildman–Crippen MR) is 107 cm³/mol. The molecule has 0 fully saturated rings. The molecule has 129 valence electrons. The number of aryl methyl sites for hydroxylation is 7. The summed E-state index contributed by atoms with van der Waals surface area (Å²) in [6.07, 6.45) is 0. The van der Waals surface area contributed by atoms with Gasteiger partial charge in [-0.2, -0.15) is 0 Å². The van der Waals surface area contributed by atoms with Crippen LogP contribution in [0.4, 0.5) is 0 Å². The van der Waals surface area contributed by atoms with Crippen molar-refractivity contribution >= 4 is 36.4 Å². The molecule has 0 bridgehead atoms. The van der Waals surface area contributed by atoms with Crippen molar-refractivity contribution < 1.29 is 0 Å². The number of hydrogen-bond donors (Lipinski definition) is 1. The normalized spacial score (nSPS) is 9.33. The van der Waals surface area contributed by atoms with E-state index in [0.717, 1.165) is 50.9 Å². The number of rotatable bonds is 1. The van der Waals surface area contributed by atoms with Crippen LogP contribution in [-0.4, -0.2) is 27.6 Å². The van der Waals surface area contributed by atoms with Crippen molar-refractivity contribution in [1.82, 2.24) is 19.9 Å². The molecule has 24 heavy (non-hydrogen) atoms. The molecule has 0 N–H and O–H groups in total. The molecular weight excluding hydrogens is 385 g/mol. The monoisotopic (exact) mass is 408 g/mol. The molecule has 0 unspecified atom stereocenters. The van der Waals surface area contributed by atoms with Crippen molar-refractivity contribution in [2.45, 2.75) is 53.8 Å². The Balaban J connectivity index is 0.000000381. The molecule has 0 aliphatic heterocycles. The zero-order valence-corrected chi connectivity index (χ0v) is 17.8. The Hall–Kier alpha value is -1.15. The summed E-state index contributed by atoms with van der Waals surface area (Å²) in [6, 6.07) is 0.